The fourth-order valence-electron chi connectivity index (χ4n) is 9.00. The fraction of sp³-hybridized carbons (Fsp3) is 0. The number of hydrogen-bond donors (Lipinski definition) is 0. The van der Waals surface area contributed by atoms with Gasteiger partial charge in [0, 0.05) is 0 Å². The third-order valence-corrected chi connectivity index (χ3v) is 10.8. The fourth-order valence-corrected chi connectivity index (χ4v) is 9.00. The first-order chi connectivity index (χ1) is 19.7. The van der Waals surface area contributed by atoms with Gasteiger partial charge in [-0.25, -0.2) is 0 Å². The van der Waals surface area contributed by atoms with Crippen LogP contribution >= 0.6 is 0 Å². The first-order valence-electron chi connectivity index (χ1n) is 14.2. The Morgan fingerprint density at radius 1 is 0.125 bits per heavy atom. The van der Waals surface area contributed by atoms with Crippen LogP contribution in [0.5, 0.6) is 0 Å². The number of fused-ring (bicyclic) bond motifs is 20. The van der Waals surface area contributed by atoms with Crippen LogP contribution in [0, 0.1) is 0 Å². The lowest BCUT2D eigenvalue weighted by Crippen LogP contribution is -1.70. The summed E-state index contributed by atoms with van der Waals surface area (Å²) in [6, 6.07) is 39.0. The molecule has 12 aromatic carbocycles. The minimum Gasteiger partial charge on any atom is -0.0458 e. The van der Waals surface area contributed by atoms with Gasteiger partial charge in [0.15, 0.2) is 0 Å². The lowest BCUT2D eigenvalue weighted by molar-refractivity contribution is 1.99. The molecule has 0 atom stereocenters. The van der Waals surface area contributed by atoms with Crippen LogP contribution in [-0.2, 0) is 0 Å². The number of hydrogen-bond acceptors (Lipinski definition) is 0. The van der Waals surface area contributed by atoms with Gasteiger partial charge in [0.2, 0.25) is 0 Å². The summed E-state index contributed by atoms with van der Waals surface area (Å²) in [4.78, 5) is 0. The zero-order valence-corrected chi connectivity index (χ0v) is 21.2. The standard InChI is InChI=1S/C40H16/c1-17-9-34-27-4-21-13-38-31-7-23-15-37-29-3-19-11-33-25(1)18-2-26(17)35(34)12-20(27)6-30(21)40(38)16-24(31)8-32(23)39(37)14-22(29)5-28(19)36(33)10-18/h1-16H. The first-order valence-corrected chi connectivity index (χ1v) is 14.2. The normalized spacial score (nSPS) is 14.0. The van der Waals surface area contributed by atoms with Crippen LogP contribution in [0.2, 0.25) is 0 Å². The van der Waals surface area contributed by atoms with Crippen LogP contribution in [0.15, 0.2) is 97.1 Å². The topological polar surface area (TPSA) is 0 Å². The Bertz CT molecular complexity index is 2480. The van der Waals surface area contributed by atoms with E-state index in [0.29, 0.717) is 0 Å². The van der Waals surface area contributed by atoms with Crippen molar-refractivity contribution in [3.05, 3.63) is 97.1 Å². The van der Waals surface area contributed by atoms with E-state index in [1.54, 1.807) is 0 Å². The van der Waals surface area contributed by atoms with Crippen LogP contribution < -0.4 is 0 Å². The Morgan fingerprint density at radius 3 is 0.350 bits per heavy atom. The van der Waals surface area contributed by atoms with Gasteiger partial charge in [-0.3, -0.25) is 0 Å². The largest absolute Gasteiger partial charge is 0.0458 e. The molecule has 0 aliphatic rings. The Balaban J connectivity index is 1.36. The van der Waals surface area contributed by atoms with E-state index in [-0.39, 0.29) is 0 Å². The summed E-state index contributed by atoms with van der Waals surface area (Å²) in [5.41, 5.74) is 0. The molecule has 0 aliphatic carbocycles. The van der Waals surface area contributed by atoms with Crippen molar-refractivity contribution in [3.8, 4) is 0 Å². The molecule has 0 aliphatic heterocycles. The SMILES string of the molecule is c1c2cc3c4cc5cc6c7cc8cc9c%10cc%11cc%12c1c1cc2c3cc4cc5c6cc7cc8c9cc%10cc%11c%12c1. The molecule has 0 bridgehead atoms. The molecule has 0 aromatic heterocycles. The predicted molar refractivity (Wildman–Crippen MR) is 175 cm³/mol. The molecular weight excluding hydrogens is 480 g/mol. The van der Waals surface area contributed by atoms with Crippen molar-refractivity contribution in [1.82, 2.24) is 0 Å². The summed E-state index contributed by atoms with van der Waals surface area (Å²) in [5, 5.41) is 33.0. The summed E-state index contributed by atoms with van der Waals surface area (Å²) >= 11 is 0. The highest BCUT2D eigenvalue weighted by Crippen LogP contribution is 2.48. The molecule has 0 heterocycles. The summed E-state index contributed by atoms with van der Waals surface area (Å²) in [7, 11) is 0. The molecule has 0 unspecified atom stereocenters. The van der Waals surface area contributed by atoms with Crippen molar-refractivity contribution >= 4 is 129 Å². The van der Waals surface area contributed by atoms with Crippen molar-refractivity contribution in [1.29, 1.82) is 0 Å². The third kappa shape index (κ3) is 1.72. The van der Waals surface area contributed by atoms with E-state index in [1.165, 1.54) is 129 Å². The van der Waals surface area contributed by atoms with Gasteiger partial charge in [0.05, 0.1) is 0 Å². The molecule has 0 heteroatoms. The number of benzene rings is 4. The molecule has 0 fully saturated rings. The summed E-state index contributed by atoms with van der Waals surface area (Å²) in [6.45, 7) is 0. The molecule has 176 valence electrons. The Kier molecular flexibility index (Phi) is 2.41. The van der Waals surface area contributed by atoms with Crippen molar-refractivity contribution in [3.63, 3.8) is 0 Å². The summed E-state index contributed by atoms with van der Waals surface area (Å²) in [5.74, 6) is 0. The molecular formula is C40H16. The highest BCUT2D eigenvalue weighted by atomic mass is 14.2. The zero-order chi connectivity index (χ0) is 25.2. The number of rotatable bonds is 0. The van der Waals surface area contributed by atoms with Gasteiger partial charge in [-0.05, 0) is 226 Å². The maximum atomic E-state index is 2.45. The maximum absolute atomic E-state index is 2.45. The van der Waals surface area contributed by atoms with Crippen LogP contribution in [0.1, 0.15) is 0 Å². The monoisotopic (exact) mass is 496 g/mol. The molecule has 12 rings (SSSR count). The van der Waals surface area contributed by atoms with Crippen molar-refractivity contribution in [2.24, 2.45) is 0 Å². The Labute approximate surface area is 225 Å². The third-order valence-electron chi connectivity index (χ3n) is 10.8. The van der Waals surface area contributed by atoms with Crippen LogP contribution in [0.3, 0.4) is 0 Å². The second-order valence-corrected chi connectivity index (χ2v) is 12.6. The average Bonchev–Trinajstić information content (AvgIpc) is 3.79. The maximum Gasteiger partial charge on any atom is -0.00926 e. The second kappa shape index (κ2) is 5.30. The smallest absolute Gasteiger partial charge is 0.00926 e. The van der Waals surface area contributed by atoms with Gasteiger partial charge in [-0.2, -0.15) is 0 Å². The van der Waals surface area contributed by atoms with Crippen molar-refractivity contribution < 1.29 is 0 Å². The minimum absolute atomic E-state index is 1.35. The average molecular weight is 497 g/mol. The predicted octanol–water partition coefficient (Wildman–Crippen LogP) is 11.6. The van der Waals surface area contributed by atoms with Gasteiger partial charge < -0.3 is 0 Å². The highest BCUT2D eigenvalue weighted by Gasteiger charge is 2.20. The lowest BCUT2D eigenvalue weighted by Gasteiger charge is -1.97. The molecule has 0 saturated carbocycles. The quantitative estimate of drug-likeness (QED) is 0.196. The Hall–Kier alpha value is -5.20. The molecule has 12 aromatic rings. The van der Waals surface area contributed by atoms with E-state index >= 15 is 0 Å². The van der Waals surface area contributed by atoms with Gasteiger partial charge in [-0.15, -0.1) is 0 Å². The summed E-state index contributed by atoms with van der Waals surface area (Å²) < 4.78 is 0. The second-order valence-electron chi connectivity index (χ2n) is 12.6. The zero-order valence-electron chi connectivity index (χ0n) is 21.2. The van der Waals surface area contributed by atoms with Crippen LogP contribution in [0.25, 0.3) is 129 Å². The molecule has 0 N–H and O–H groups in total. The van der Waals surface area contributed by atoms with E-state index in [1.807, 2.05) is 0 Å². The van der Waals surface area contributed by atoms with Crippen LogP contribution in [0.4, 0.5) is 0 Å². The molecule has 0 nitrogen and oxygen atoms in total. The van der Waals surface area contributed by atoms with Crippen LogP contribution in [-0.4, -0.2) is 0 Å². The van der Waals surface area contributed by atoms with E-state index in [4.69, 9.17) is 0 Å². The van der Waals surface area contributed by atoms with Gasteiger partial charge in [-0.1, -0.05) is 0 Å². The van der Waals surface area contributed by atoms with E-state index in [9.17, 15) is 0 Å². The first kappa shape index (κ1) is 18.2. The summed E-state index contributed by atoms with van der Waals surface area (Å²) in [6.07, 6.45) is 0. The van der Waals surface area contributed by atoms with Crippen molar-refractivity contribution in [2.75, 3.05) is 0 Å². The lowest BCUT2D eigenvalue weighted by atomic mass is 10.1. The van der Waals surface area contributed by atoms with Gasteiger partial charge in [0.25, 0.3) is 0 Å². The molecule has 40 heavy (non-hydrogen) atoms. The van der Waals surface area contributed by atoms with E-state index < -0.39 is 0 Å². The van der Waals surface area contributed by atoms with E-state index in [0.717, 1.165) is 0 Å². The minimum atomic E-state index is 1.35. The van der Waals surface area contributed by atoms with E-state index in [2.05, 4.69) is 97.1 Å². The van der Waals surface area contributed by atoms with Gasteiger partial charge in [0.1, 0.15) is 0 Å². The Morgan fingerprint density at radius 2 is 0.225 bits per heavy atom. The van der Waals surface area contributed by atoms with Crippen molar-refractivity contribution in [2.45, 2.75) is 0 Å². The van der Waals surface area contributed by atoms with Gasteiger partial charge >= 0.3 is 0 Å². The molecule has 0 amide bonds. The molecule has 0 saturated heterocycles. The highest BCUT2D eigenvalue weighted by molar-refractivity contribution is 6.35. The molecule has 0 spiro atoms. The molecule has 0 radical (unpaired) electrons.